The molecule has 0 unspecified atom stereocenters. The largest absolute Gasteiger partial charge is 0.478 e. The normalized spacial score (nSPS) is 18.9. The number of hydrogen-bond acceptors (Lipinski definition) is 4. The molecule has 1 aliphatic rings. The first-order valence-electron chi connectivity index (χ1n) is 6.31. The Hall–Kier alpha value is -1.20. The first-order valence-corrected chi connectivity index (χ1v) is 7.67. The second-order valence-corrected chi connectivity index (χ2v) is 6.58. The second kappa shape index (κ2) is 6.06. The molecule has 0 radical (unpaired) electrons. The zero-order chi connectivity index (χ0) is 14.8. The predicted molar refractivity (Wildman–Crippen MR) is 80.2 cm³/mol. The minimum Gasteiger partial charge on any atom is -0.478 e. The van der Waals surface area contributed by atoms with Crippen LogP contribution in [0.15, 0.2) is 24.3 Å². The second-order valence-electron chi connectivity index (χ2n) is 5.05. The van der Waals surface area contributed by atoms with Gasteiger partial charge in [0.2, 0.25) is 5.12 Å². The number of amides is 1. The van der Waals surface area contributed by atoms with Crippen molar-refractivity contribution in [1.82, 2.24) is 5.32 Å². The summed E-state index contributed by atoms with van der Waals surface area (Å²) in [4.78, 5) is 23.7. The van der Waals surface area contributed by atoms with Gasteiger partial charge in [0.25, 0.3) is 5.91 Å². The summed E-state index contributed by atoms with van der Waals surface area (Å²) in [7, 11) is 0. The van der Waals surface area contributed by atoms with Gasteiger partial charge in [-0.05, 0) is 44.5 Å². The van der Waals surface area contributed by atoms with Crippen molar-refractivity contribution in [3.8, 4) is 5.75 Å². The first-order chi connectivity index (χ1) is 9.38. The standard InChI is InChI=1S/C14H16ClNO3S/c1-14(2,19-10-5-3-9(15)4-6-10)13(18)16-11-7-8-20-12(11)17/h3-6,11H,7-8H2,1-2H3,(H,16,18)/t11-/m1/s1. The van der Waals surface area contributed by atoms with Gasteiger partial charge in [0.05, 0.1) is 6.04 Å². The molecule has 1 N–H and O–H groups in total. The maximum atomic E-state index is 12.2. The number of thioether (sulfide) groups is 1. The number of ether oxygens (including phenoxy) is 1. The van der Waals surface area contributed by atoms with Gasteiger partial charge in [-0.15, -0.1) is 0 Å². The number of benzene rings is 1. The lowest BCUT2D eigenvalue weighted by atomic mass is 10.1. The van der Waals surface area contributed by atoms with E-state index in [2.05, 4.69) is 5.32 Å². The third-order valence-electron chi connectivity index (χ3n) is 2.97. The van der Waals surface area contributed by atoms with Crippen molar-refractivity contribution in [2.45, 2.75) is 31.9 Å². The lowest BCUT2D eigenvalue weighted by Crippen LogP contribution is -2.51. The number of nitrogens with one attached hydrogen (secondary N) is 1. The van der Waals surface area contributed by atoms with Gasteiger partial charge in [0, 0.05) is 10.8 Å². The summed E-state index contributed by atoms with van der Waals surface area (Å²) in [5.41, 5.74) is -1.05. The molecule has 1 aromatic rings. The van der Waals surface area contributed by atoms with E-state index in [0.29, 0.717) is 17.2 Å². The summed E-state index contributed by atoms with van der Waals surface area (Å²) in [5.74, 6) is 1.01. The number of carbonyl (C=O) groups excluding carboxylic acids is 2. The fourth-order valence-electron chi connectivity index (χ4n) is 1.80. The van der Waals surface area contributed by atoms with Crippen LogP contribution < -0.4 is 10.1 Å². The molecule has 2 rings (SSSR count). The summed E-state index contributed by atoms with van der Waals surface area (Å²) in [6.45, 7) is 3.34. The Morgan fingerprint density at radius 3 is 2.60 bits per heavy atom. The van der Waals surface area contributed by atoms with E-state index in [4.69, 9.17) is 16.3 Å². The smallest absolute Gasteiger partial charge is 0.264 e. The Bertz CT molecular complexity index is 516. The van der Waals surface area contributed by atoms with E-state index in [1.165, 1.54) is 11.8 Å². The Labute approximate surface area is 127 Å². The molecule has 1 fully saturated rings. The number of hydrogen-bond donors (Lipinski definition) is 1. The zero-order valence-corrected chi connectivity index (χ0v) is 12.9. The van der Waals surface area contributed by atoms with Crippen LogP contribution in [0, 0.1) is 0 Å². The molecule has 1 amide bonds. The van der Waals surface area contributed by atoms with Crippen LogP contribution in [0.4, 0.5) is 0 Å². The van der Waals surface area contributed by atoms with Crippen molar-refractivity contribution in [3.05, 3.63) is 29.3 Å². The van der Waals surface area contributed by atoms with E-state index < -0.39 is 11.6 Å². The van der Waals surface area contributed by atoms with Gasteiger partial charge in [-0.1, -0.05) is 23.4 Å². The number of halogens is 1. The molecule has 1 aliphatic heterocycles. The third kappa shape index (κ3) is 3.67. The fraction of sp³-hybridized carbons (Fsp3) is 0.429. The molecular formula is C14H16ClNO3S. The maximum Gasteiger partial charge on any atom is 0.264 e. The van der Waals surface area contributed by atoms with Gasteiger partial charge in [-0.3, -0.25) is 9.59 Å². The van der Waals surface area contributed by atoms with Crippen LogP contribution in [0.25, 0.3) is 0 Å². The van der Waals surface area contributed by atoms with Crippen LogP contribution in [0.5, 0.6) is 5.75 Å². The first kappa shape index (κ1) is 15.2. The molecule has 1 saturated heterocycles. The maximum absolute atomic E-state index is 12.2. The lowest BCUT2D eigenvalue weighted by molar-refractivity contribution is -0.136. The van der Waals surface area contributed by atoms with Gasteiger partial charge < -0.3 is 10.1 Å². The third-order valence-corrected chi connectivity index (χ3v) is 4.23. The monoisotopic (exact) mass is 313 g/mol. The summed E-state index contributed by atoms with van der Waals surface area (Å²) < 4.78 is 5.68. The molecule has 1 atom stereocenters. The molecular weight excluding hydrogens is 298 g/mol. The van der Waals surface area contributed by atoms with Crippen LogP contribution >= 0.6 is 23.4 Å². The average molecular weight is 314 g/mol. The molecule has 6 heteroatoms. The lowest BCUT2D eigenvalue weighted by Gasteiger charge is -2.26. The van der Waals surface area contributed by atoms with Crippen LogP contribution in [-0.4, -0.2) is 28.4 Å². The topological polar surface area (TPSA) is 55.4 Å². The summed E-state index contributed by atoms with van der Waals surface area (Å²) in [6, 6.07) is 6.40. The molecule has 20 heavy (non-hydrogen) atoms. The zero-order valence-electron chi connectivity index (χ0n) is 11.3. The van der Waals surface area contributed by atoms with E-state index in [1.54, 1.807) is 38.1 Å². The van der Waals surface area contributed by atoms with Gasteiger partial charge in [0.1, 0.15) is 5.75 Å². The number of carbonyl (C=O) groups is 2. The van der Waals surface area contributed by atoms with Crippen molar-refractivity contribution >= 4 is 34.4 Å². The Morgan fingerprint density at radius 2 is 2.05 bits per heavy atom. The highest BCUT2D eigenvalue weighted by atomic mass is 35.5. The van der Waals surface area contributed by atoms with E-state index in [-0.39, 0.29) is 11.0 Å². The Morgan fingerprint density at radius 1 is 1.40 bits per heavy atom. The van der Waals surface area contributed by atoms with Crippen LogP contribution in [0.3, 0.4) is 0 Å². The minimum absolute atomic E-state index is 0.0145. The fourth-order valence-corrected chi connectivity index (χ4v) is 2.86. The minimum atomic E-state index is -1.05. The highest BCUT2D eigenvalue weighted by Gasteiger charge is 2.35. The van der Waals surface area contributed by atoms with Crippen molar-refractivity contribution in [3.63, 3.8) is 0 Å². The van der Waals surface area contributed by atoms with Gasteiger partial charge in [-0.2, -0.15) is 0 Å². The van der Waals surface area contributed by atoms with Crippen LogP contribution in [-0.2, 0) is 9.59 Å². The Kier molecular flexibility index (Phi) is 4.60. The molecule has 108 valence electrons. The quantitative estimate of drug-likeness (QED) is 0.928. The molecule has 0 aliphatic carbocycles. The molecule has 0 saturated carbocycles. The SMILES string of the molecule is CC(C)(Oc1ccc(Cl)cc1)C(=O)N[C@@H]1CCSC1=O. The highest BCUT2D eigenvalue weighted by molar-refractivity contribution is 8.14. The van der Waals surface area contributed by atoms with Gasteiger partial charge in [0.15, 0.2) is 5.60 Å². The van der Waals surface area contributed by atoms with Crippen molar-refractivity contribution in [2.75, 3.05) is 5.75 Å². The summed E-state index contributed by atoms with van der Waals surface area (Å²) >= 11 is 7.05. The van der Waals surface area contributed by atoms with Crippen LogP contribution in [0.2, 0.25) is 5.02 Å². The van der Waals surface area contributed by atoms with E-state index in [9.17, 15) is 9.59 Å². The molecule has 1 aromatic carbocycles. The highest BCUT2D eigenvalue weighted by Crippen LogP contribution is 2.23. The predicted octanol–water partition coefficient (Wildman–Crippen LogP) is 2.65. The van der Waals surface area contributed by atoms with Crippen molar-refractivity contribution in [1.29, 1.82) is 0 Å². The van der Waals surface area contributed by atoms with E-state index >= 15 is 0 Å². The van der Waals surface area contributed by atoms with Gasteiger partial charge in [-0.25, -0.2) is 0 Å². The molecule has 0 aromatic heterocycles. The number of rotatable bonds is 4. The Balaban J connectivity index is 1.99. The van der Waals surface area contributed by atoms with Crippen LogP contribution in [0.1, 0.15) is 20.3 Å². The van der Waals surface area contributed by atoms with Crippen molar-refractivity contribution < 1.29 is 14.3 Å². The molecule has 0 spiro atoms. The summed E-state index contributed by atoms with van der Waals surface area (Å²) in [6.07, 6.45) is 0.673. The van der Waals surface area contributed by atoms with Crippen molar-refractivity contribution in [2.24, 2.45) is 0 Å². The van der Waals surface area contributed by atoms with Gasteiger partial charge >= 0.3 is 0 Å². The van der Waals surface area contributed by atoms with E-state index in [1.807, 2.05) is 0 Å². The molecule has 1 heterocycles. The molecule has 4 nitrogen and oxygen atoms in total. The average Bonchev–Trinajstić information content (AvgIpc) is 2.78. The molecule has 0 bridgehead atoms. The van der Waals surface area contributed by atoms with E-state index in [0.717, 1.165) is 5.75 Å². The summed E-state index contributed by atoms with van der Waals surface area (Å²) in [5, 5.41) is 3.36.